The zero-order valence-electron chi connectivity index (χ0n) is 7.93. The molecule has 0 rings (SSSR count). The Morgan fingerprint density at radius 1 is 1.50 bits per heavy atom. The maximum absolute atomic E-state index is 11.2. The number of hydrogen-bond acceptors (Lipinski definition) is 4. The Kier molecular flexibility index (Phi) is 5.66. The van der Waals surface area contributed by atoms with Crippen molar-refractivity contribution in [1.82, 2.24) is 4.72 Å². The SMILES string of the molecule is CC[C@@H](CO)NS(=O)(=O)CCC(=O)O. The topological polar surface area (TPSA) is 104 Å². The summed E-state index contributed by atoms with van der Waals surface area (Å²) in [6, 6.07) is -0.534. The molecule has 0 fully saturated rings. The Morgan fingerprint density at radius 2 is 2.07 bits per heavy atom. The molecule has 14 heavy (non-hydrogen) atoms. The van der Waals surface area contributed by atoms with Crippen LogP contribution in [0.2, 0.25) is 0 Å². The largest absolute Gasteiger partial charge is 0.481 e. The Morgan fingerprint density at radius 3 is 2.43 bits per heavy atom. The van der Waals surface area contributed by atoms with Gasteiger partial charge in [0.2, 0.25) is 10.0 Å². The van der Waals surface area contributed by atoms with Crippen LogP contribution in [0.1, 0.15) is 19.8 Å². The molecular formula is C7H15NO5S. The number of nitrogens with one attached hydrogen (secondary N) is 1. The molecule has 84 valence electrons. The Bertz CT molecular complexity index is 270. The third-order valence-electron chi connectivity index (χ3n) is 1.64. The maximum Gasteiger partial charge on any atom is 0.304 e. The van der Waals surface area contributed by atoms with Crippen molar-refractivity contribution in [1.29, 1.82) is 0 Å². The summed E-state index contributed by atoms with van der Waals surface area (Å²) in [5.41, 5.74) is 0. The number of carbonyl (C=O) groups is 1. The molecule has 0 aromatic carbocycles. The summed E-state index contributed by atoms with van der Waals surface area (Å²) in [4.78, 5) is 10.1. The second kappa shape index (κ2) is 5.94. The molecule has 0 bridgehead atoms. The molecule has 0 unspecified atom stereocenters. The van der Waals surface area contributed by atoms with Gasteiger partial charge in [0, 0.05) is 6.04 Å². The minimum absolute atomic E-state index is 0.289. The number of aliphatic carboxylic acids is 1. The van der Waals surface area contributed by atoms with E-state index in [0.29, 0.717) is 6.42 Å². The van der Waals surface area contributed by atoms with Crippen LogP contribution in [0.3, 0.4) is 0 Å². The lowest BCUT2D eigenvalue weighted by molar-refractivity contribution is -0.136. The molecule has 0 saturated carbocycles. The van der Waals surface area contributed by atoms with E-state index < -0.39 is 34.2 Å². The van der Waals surface area contributed by atoms with Crippen LogP contribution in [0, 0.1) is 0 Å². The first-order valence-corrected chi connectivity index (χ1v) is 5.89. The Labute approximate surface area is 83.0 Å². The maximum atomic E-state index is 11.2. The van der Waals surface area contributed by atoms with Gasteiger partial charge in [0.05, 0.1) is 18.8 Å². The van der Waals surface area contributed by atoms with Crippen LogP contribution in [0.25, 0.3) is 0 Å². The van der Waals surface area contributed by atoms with E-state index in [9.17, 15) is 13.2 Å². The molecule has 0 aromatic heterocycles. The molecule has 0 saturated heterocycles. The monoisotopic (exact) mass is 225 g/mol. The summed E-state index contributed by atoms with van der Waals surface area (Å²) in [5.74, 6) is -1.62. The fourth-order valence-electron chi connectivity index (χ4n) is 0.784. The van der Waals surface area contributed by atoms with E-state index in [4.69, 9.17) is 10.2 Å². The summed E-state index contributed by atoms with van der Waals surface area (Å²) in [5, 5.41) is 17.0. The minimum atomic E-state index is -3.59. The van der Waals surface area contributed by atoms with Crippen LogP contribution in [0.15, 0.2) is 0 Å². The van der Waals surface area contributed by atoms with Crippen molar-refractivity contribution >= 4 is 16.0 Å². The number of carboxylic acid groups (broad SMARTS) is 1. The van der Waals surface area contributed by atoms with Gasteiger partial charge in [-0.1, -0.05) is 6.92 Å². The summed E-state index contributed by atoms with van der Waals surface area (Å²) in [6.45, 7) is 1.43. The zero-order chi connectivity index (χ0) is 11.2. The quantitative estimate of drug-likeness (QED) is 0.523. The molecule has 1 atom stereocenters. The summed E-state index contributed by atoms with van der Waals surface area (Å²) in [7, 11) is -3.59. The molecule has 7 heteroatoms. The van der Waals surface area contributed by atoms with E-state index in [1.165, 1.54) is 0 Å². The third kappa shape index (κ3) is 5.90. The molecule has 0 radical (unpaired) electrons. The molecule has 0 aliphatic heterocycles. The highest BCUT2D eigenvalue weighted by Crippen LogP contribution is 1.96. The van der Waals surface area contributed by atoms with Crippen LogP contribution in [0.5, 0.6) is 0 Å². The predicted octanol–water partition coefficient (Wildman–Crippen LogP) is -0.849. The normalized spacial score (nSPS) is 13.9. The first kappa shape index (κ1) is 13.3. The van der Waals surface area contributed by atoms with Crippen LogP contribution >= 0.6 is 0 Å². The number of hydrogen-bond donors (Lipinski definition) is 3. The van der Waals surface area contributed by atoms with E-state index in [1.807, 2.05) is 0 Å². The van der Waals surface area contributed by atoms with Crippen LogP contribution < -0.4 is 4.72 Å². The smallest absolute Gasteiger partial charge is 0.304 e. The van der Waals surface area contributed by atoms with Crippen molar-refractivity contribution in [3.8, 4) is 0 Å². The number of sulfonamides is 1. The van der Waals surface area contributed by atoms with Gasteiger partial charge in [-0.15, -0.1) is 0 Å². The van der Waals surface area contributed by atoms with Gasteiger partial charge in [-0.2, -0.15) is 0 Å². The molecular weight excluding hydrogens is 210 g/mol. The van der Waals surface area contributed by atoms with Gasteiger partial charge in [0.15, 0.2) is 0 Å². The van der Waals surface area contributed by atoms with Gasteiger partial charge in [-0.05, 0) is 6.42 Å². The van der Waals surface area contributed by atoms with Crippen molar-refractivity contribution in [2.45, 2.75) is 25.8 Å². The Hall–Kier alpha value is -0.660. The third-order valence-corrected chi connectivity index (χ3v) is 3.08. The van der Waals surface area contributed by atoms with Gasteiger partial charge in [-0.25, -0.2) is 13.1 Å². The summed E-state index contributed by atoms with van der Waals surface area (Å²) in [6.07, 6.45) is 0.0278. The number of carboxylic acids is 1. The summed E-state index contributed by atoms with van der Waals surface area (Å²) >= 11 is 0. The average Bonchev–Trinajstić information content (AvgIpc) is 2.11. The van der Waals surface area contributed by atoms with Gasteiger partial charge in [0.1, 0.15) is 0 Å². The zero-order valence-corrected chi connectivity index (χ0v) is 8.75. The first-order valence-electron chi connectivity index (χ1n) is 4.24. The highest BCUT2D eigenvalue weighted by molar-refractivity contribution is 7.89. The lowest BCUT2D eigenvalue weighted by Crippen LogP contribution is -2.38. The second-order valence-corrected chi connectivity index (χ2v) is 4.74. The molecule has 0 aliphatic rings. The van der Waals surface area contributed by atoms with E-state index in [1.54, 1.807) is 6.92 Å². The molecule has 0 spiro atoms. The number of aliphatic hydroxyl groups excluding tert-OH is 1. The lowest BCUT2D eigenvalue weighted by Gasteiger charge is -2.13. The van der Waals surface area contributed by atoms with Gasteiger partial charge in [0.25, 0.3) is 0 Å². The van der Waals surface area contributed by atoms with Crippen molar-refractivity contribution < 1.29 is 23.4 Å². The van der Waals surface area contributed by atoms with Gasteiger partial charge < -0.3 is 10.2 Å². The van der Waals surface area contributed by atoms with Crippen molar-refractivity contribution in [2.75, 3.05) is 12.4 Å². The van der Waals surface area contributed by atoms with Crippen LogP contribution in [-0.4, -0.2) is 43.0 Å². The van der Waals surface area contributed by atoms with Crippen molar-refractivity contribution in [3.05, 3.63) is 0 Å². The first-order chi connectivity index (χ1) is 6.41. The molecule has 6 nitrogen and oxygen atoms in total. The predicted molar refractivity (Wildman–Crippen MR) is 50.3 cm³/mol. The highest BCUT2D eigenvalue weighted by atomic mass is 32.2. The minimum Gasteiger partial charge on any atom is -0.481 e. The molecule has 0 amide bonds. The van der Waals surface area contributed by atoms with E-state index in [0.717, 1.165) is 0 Å². The number of aliphatic hydroxyl groups is 1. The van der Waals surface area contributed by atoms with E-state index in [-0.39, 0.29) is 6.61 Å². The average molecular weight is 225 g/mol. The number of rotatable bonds is 7. The molecule has 0 heterocycles. The van der Waals surface area contributed by atoms with Gasteiger partial charge in [-0.3, -0.25) is 4.79 Å². The molecule has 0 aromatic rings. The van der Waals surface area contributed by atoms with Crippen molar-refractivity contribution in [2.24, 2.45) is 0 Å². The Balaban J connectivity index is 4.13. The van der Waals surface area contributed by atoms with E-state index >= 15 is 0 Å². The second-order valence-electron chi connectivity index (χ2n) is 2.87. The van der Waals surface area contributed by atoms with E-state index in [2.05, 4.69) is 4.72 Å². The fraction of sp³-hybridized carbons (Fsp3) is 0.857. The standard InChI is InChI=1S/C7H15NO5S/c1-2-6(5-9)8-14(12,13)4-3-7(10)11/h6,8-9H,2-5H2,1H3,(H,10,11)/t6-/m0/s1. The highest BCUT2D eigenvalue weighted by Gasteiger charge is 2.16. The summed E-state index contributed by atoms with van der Waals surface area (Å²) < 4.78 is 24.6. The lowest BCUT2D eigenvalue weighted by atomic mass is 10.3. The van der Waals surface area contributed by atoms with Crippen molar-refractivity contribution in [3.63, 3.8) is 0 Å². The molecule has 3 N–H and O–H groups in total. The van der Waals surface area contributed by atoms with Crippen LogP contribution in [0.4, 0.5) is 0 Å². The van der Waals surface area contributed by atoms with Crippen LogP contribution in [-0.2, 0) is 14.8 Å². The fourth-order valence-corrected chi connectivity index (χ4v) is 2.09. The van der Waals surface area contributed by atoms with Gasteiger partial charge >= 0.3 is 5.97 Å². The molecule has 0 aliphatic carbocycles.